The van der Waals surface area contributed by atoms with E-state index in [1.54, 1.807) is 24.3 Å². The first-order valence-electron chi connectivity index (χ1n) is 8.72. The number of halogens is 1. The Labute approximate surface area is 153 Å². The van der Waals surface area contributed by atoms with E-state index in [0.717, 1.165) is 31.5 Å². The average Bonchev–Trinajstić information content (AvgIpc) is 3.17. The molecule has 3 rings (SSSR count). The van der Waals surface area contributed by atoms with Crippen molar-refractivity contribution >= 4 is 29.0 Å². The summed E-state index contributed by atoms with van der Waals surface area (Å²) in [6.45, 7) is 6.09. The van der Waals surface area contributed by atoms with E-state index in [0.29, 0.717) is 22.9 Å². The fraction of sp³-hybridized carbons (Fsp3) is 0.474. The zero-order valence-corrected chi connectivity index (χ0v) is 15.4. The van der Waals surface area contributed by atoms with Crippen molar-refractivity contribution in [2.45, 2.75) is 32.8 Å². The summed E-state index contributed by atoms with van der Waals surface area (Å²) in [5.41, 5.74) is 1.74. The second kappa shape index (κ2) is 7.58. The van der Waals surface area contributed by atoms with Gasteiger partial charge >= 0.3 is 0 Å². The van der Waals surface area contributed by atoms with Gasteiger partial charge in [-0.2, -0.15) is 0 Å². The van der Waals surface area contributed by atoms with Crippen molar-refractivity contribution in [3.05, 3.63) is 40.5 Å². The molecule has 0 unspecified atom stereocenters. The molecule has 0 radical (unpaired) electrons. The van der Waals surface area contributed by atoms with Crippen LogP contribution in [0.5, 0.6) is 0 Å². The first-order valence-corrected chi connectivity index (χ1v) is 9.10. The van der Waals surface area contributed by atoms with E-state index in [9.17, 15) is 9.59 Å². The monoisotopic (exact) mass is 362 g/mol. The predicted octanol–water partition coefficient (Wildman–Crippen LogP) is 2.94. The van der Waals surface area contributed by atoms with Gasteiger partial charge in [0.25, 0.3) is 11.8 Å². The number of hydrogen-bond acceptors (Lipinski definition) is 4. The van der Waals surface area contributed by atoms with E-state index in [-0.39, 0.29) is 24.5 Å². The van der Waals surface area contributed by atoms with Crippen LogP contribution in [0, 0.1) is 0 Å². The summed E-state index contributed by atoms with van der Waals surface area (Å²) in [6.07, 6.45) is 2.14. The van der Waals surface area contributed by atoms with Crippen LogP contribution in [0.2, 0.25) is 5.02 Å². The number of benzene rings is 1. The maximum atomic E-state index is 13.0. The topological polar surface area (TPSA) is 49.9 Å². The summed E-state index contributed by atoms with van der Waals surface area (Å²) in [7, 11) is 0. The molecule has 2 aliphatic heterocycles. The lowest BCUT2D eigenvalue weighted by molar-refractivity contribution is -0.138. The molecule has 0 bridgehead atoms. The van der Waals surface area contributed by atoms with Crippen LogP contribution in [-0.2, 0) is 14.3 Å². The van der Waals surface area contributed by atoms with Gasteiger partial charge in [-0.3, -0.25) is 14.5 Å². The molecule has 0 aromatic heterocycles. The number of imide groups is 1. The third kappa shape index (κ3) is 3.72. The minimum atomic E-state index is -0.249. The normalized spacial score (nSPS) is 18.2. The molecule has 1 aromatic rings. The summed E-state index contributed by atoms with van der Waals surface area (Å²) in [4.78, 5) is 29.3. The van der Waals surface area contributed by atoms with Crippen molar-refractivity contribution in [3.8, 4) is 0 Å². The Bertz CT molecular complexity index is 691. The number of carbonyl (C=O) groups is 2. The molecule has 6 heteroatoms. The molecule has 0 N–H and O–H groups in total. The standard InChI is InChI=1S/C19H23ClN2O3/c1-13(2)25-12-11-22-18(23)16(14-5-7-15(20)8-6-14)17(19(22)24)21-9-3-4-10-21/h5-8,13H,3-4,9-12H2,1-2H3. The number of ether oxygens (including phenoxy) is 1. The molecule has 0 saturated carbocycles. The Morgan fingerprint density at radius 1 is 1.08 bits per heavy atom. The maximum absolute atomic E-state index is 13.0. The summed E-state index contributed by atoms with van der Waals surface area (Å²) in [5.74, 6) is -0.467. The van der Waals surface area contributed by atoms with E-state index in [2.05, 4.69) is 0 Å². The Balaban J connectivity index is 1.92. The summed E-state index contributed by atoms with van der Waals surface area (Å²) in [5, 5.41) is 0.603. The fourth-order valence-corrected chi connectivity index (χ4v) is 3.38. The number of rotatable bonds is 6. The van der Waals surface area contributed by atoms with Gasteiger partial charge in [-0.1, -0.05) is 23.7 Å². The molecule has 1 aromatic carbocycles. The first kappa shape index (κ1) is 18.0. The number of nitrogens with zero attached hydrogens (tertiary/aromatic N) is 2. The fourth-order valence-electron chi connectivity index (χ4n) is 3.26. The Morgan fingerprint density at radius 2 is 1.72 bits per heavy atom. The highest BCUT2D eigenvalue weighted by Crippen LogP contribution is 2.33. The van der Waals surface area contributed by atoms with Crippen LogP contribution in [-0.4, -0.2) is 54.0 Å². The molecule has 25 heavy (non-hydrogen) atoms. The van der Waals surface area contributed by atoms with E-state index in [4.69, 9.17) is 16.3 Å². The van der Waals surface area contributed by atoms with E-state index in [1.807, 2.05) is 18.7 Å². The number of amides is 2. The minimum Gasteiger partial charge on any atom is -0.377 e. The van der Waals surface area contributed by atoms with Gasteiger partial charge in [0.05, 0.1) is 24.8 Å². The van der Waals surface area contributed by atoms with Crippen molar-refractivity contribution in [1.29, 1.82) is 0 Å². The highest BCUT2D eigenvalue weighted by atomic mass is 35.5. The molecular weight excluding hydrogens is 340 g/mol. The van der Waals surface area contributed by atoms with Gasteiger partial charge in [-0.05, 0) is 44.4 Å². The molecule has 1 fully saturated rings. The van der Waals surface area contributed by atoms with Crippen LogP contribution in [0.3, 0.4) is 0 Å². The molecule has 1 saturated heterocycles. The highest BCUT2D eigenvalue weighted by molar-refractivity contribution is 6.36. The highest BCUT2D eigenvalue weighted by Gasteiger charge is 2.41. The van der Waals surface area contributed by atoms with Gasteiger partial charge in [0.1, 0.15) is 5.70 Å². The minimum absolute atomic E-state index is 0.0644. The molecule has 134 valence electrons. The van der Waals surface area contributed by atoms with Crippen molar-refractivity contribution in [3.63, 3.8) is 0 Å². The summed E-state index contributed by atoms with van der Waals surface area (Å²) in [6, 6.07) is 7.08. The van der Waals surface area contributed by atoms with Gasteiger partial charge in [0.15, 0.2) is 0 Å². The van der Waals surface area contributed by atoms with E-state index >= 15 is 0 Å². The van der Waals surface area contributed by atoms with Crippen LogP contribution in [0.1, 0.15) is 32.3 Å². The van der Waals surface area contributed by atoms with Crippen LogP contribution in [0.25, 0.3) is 5.57 Å². The molecule has 5 nitrogen and oxygen atoms in total. The molecule has 2 aliphatic rings. The largest absolute Gasteiger partial charge is 0.377 e. The van der Waals surface area contributed by atoms with Crippen LogP contribution in [0.15, 0.2) is 30.0 Å². The zero-order valence-electron chi connectivity index (χ0n) is 14.6. The lowest BCUT2D eigenvalue weighted by Gasteiger charge is -2.20. The predicted molar refractivity (Wildman–Crippen MR) is 97.0 cm³/mol. The zero-order chi connectivity index (χ0) is 18.0. The lowest BCUT2D eigenvalue weighted by Crippen LogP contribution is -2.37. The van der Waals surface area contributed by atoms with Crippen molar-refractivity contribution < 1.29 is 14.3 Å². The third-order valence-corrected chi connectivity index (χ3v) is 4.72. The van der Waals surface area contributed by atoms with Crippen molar-refractivity contribution in [1.82, 2.24) is 9.80 Å². The van der Waals surface area contributed by atoms with E-state index < -0.39 is 0 Å². The number of likely N-dealkylation sites (tertiary alicyclic amines) is 1. The third-order valence-electron chi connectivity index (χ3n) is 4.46. The first-order chi connectivity index (χ1) is 12.0. The SMILES string of the molecule is CC(C)OCCN1C(=O)C(c2ccc(Cl)cc2)=C(N2CCCC2)C1=O. The van der Waals surface area contributed by atoms with E-state index in [1.165, 1.54) is 4.90 Å². The smallest absolute Gasteiger partial charge is 0.277 e. The average molecular weight is 363 g/mol. The van der Waals surface area contributed by atoms with Gasteiger partial charge < -0.3 is 9.64 Å². The molecule has 0 atom stereocenters. The lowest BCUT2D eigenvalue weighted by atomic mass is 10.0. The van der Waals surface area contributed by atoms with Gasteiger partial charge in [-0.25, -0.2) is 0 Å². The van der Waals surface area contributed by atoms with Crippen LogP contribution < -0.4 is 0 Å². The van der Waals surface area contributed by atoms with Gasteiger partial charge in [0, 0.05) is 18.1 Å². The van der Waals surface area contributed by atoms with Crippen molar-refractivity contribution in [2.75, 3.05) is 26.2 Å². The van der Waals surface area contributed by atoms with Crippen molar-refractivity contribution in [2.24, 2.45) is 0 Å². The second-order valence-electron chi connectivity index (χ2n) is 6.61. The Kier molecular flexibility index (Phi) is 5.45. The summed E-state index contributed by atoms with van der Waals surface area (Å²) < 4.78 is 5.52. The molecule has 0 spiro atoms. The van der Waals surface area contributed by atoms with Crippen LogP contribution >= 0.6 is 11.6 Å². The second-order valence-corrected chi connectivity index (χ2v) is 7.04. The molecular formula is C19H23ClN2O3. The molecule has 2 amide bonds. The number of hydrogen-bond donors (Lipinski definition) is 0. The Morgan fingerprint density at radius 3 is 2.32 bits per heavy atom. The maximum Gasteiger partial charge on any atom is 0.277 e. The molecule has 2 heterocycles. The quantitative estimate of drug-likeness (QED) is 0.730. The van der Waals surface area contributed by atoms with Gasteiger partial charge in [-0.15, -0.1) is 0 Å². The van der Waals surface area contributed by atoms with Gasteiger partial charge in [0.2, 0.25) is 0 Å². The molecule has 0 aliphatic carbocycles. The van der Waals surface area contributed by atoms with Crippen LogP contribution in [0.4, 0.5) is 0 Å². The Hall–Kier alpha value is -1.85. The number of carbonyl (C=O) groups excluding carboxylic acids is 2. The summed E-state index contributed by atoms with van der Waals surface area (Å²) >= 11 is 5.97.